The quantitative estimate of drug-likeness (QED) is 0.562. The molecule has 35 heavy (non-hydrogen) atoms. The average Bonchev–Trinajstić information content (AvgIpc) is 3.53. The van der Waals surface area contributed by atoms with E-state index in [1.165, 1.54) is 36.5 Å². The van der Waals surface area contributed by atoms with Crippen molar-refractivity contribution in [3.8, 4) is 5.75 Å². The molecular formula is C23H23F2N7O3. The fraction of sp³-hybridized carbons (Fsp3) is 0.304. The van der Waals surface area contributed by atoms with Crippen LogP contribution in [0.15, 0.2) is 46.5 Å². The summed E-state index contributed by atoms with van der Waals surface area (Å²) in [6.45, 7) is 0.890. The van der Waals surface area contributed by atoms with E-state index in [4.69, 9.17) is 4.74 Å². The number of benzene rings is 2. The lowest BCUT2D eigenvalue weighted by Gasteiger charge is -2.20. The molecule has 1 unspecified atom stereocenters. The first kappa shape index (κ1) is 22.7. The van der Waals surface area contributed by atoms with E-state index >= 15 is 4.39 Å². The lowest BCUT2D eigenvalue weighted by Crippen LogP contribution is -2.43. The standard InChI is InChI=1S/C23H23F2N7O3/c1-31-21(28-29-30-31)12-32-11-18(16-8-13-6-7-35-20(13)9-19(16)25)17(22(32)33)10-26-23(34)27-15-4-2-14(24)3-5-15/h2-5,8-10,17-18,29-30H,6-7,11-12H2,1H3,(H,27,34)/t17?,18-/m0/s1. The number of nitrogens with one attached hydrogen (secondary N) is 3. The van der Waals surface area contributed by atoms with Crippen LogP contribution < -0.4 is 21.1 Å². The van der Waals surface area contributed by atoms with Gasteiger partial charge in [-0.25, -0.2) is 24.1 Å². The Bertz CT molecular complexity index is 1220. The molecule has 3 amide bonds. The number of amidine groups is 1. The van der Waals surface area contributed by atoms with E-state index in [1.807, 2.05) is 0 Å². The molecular weight excluding hydrogens is 460 g/mol. The van der Waals surface area contributed by atoms with E-state index in [1.54, 1.807) is 23.0 Å². The normalized spacial score (nSPS) is 21.2. The van der Waals surface area contributed by atoms with Gasteiger partial charge in [0.1, 0.15) is 17.4 Å². The summed E-state index contributed by atoms with van der Waals surface area (Å²) in [5, 5.41) is 8.26. The average molecular weight is 483 g/mol. The summed E-state index contributed by atoms with van der Waals surface area (Å²) in [6.07, 6.45) is 1.91. The monoisotopic (exact) mass is 483 g/mol. The number of hydrogen-bond donors (Lipinski definition) is 3. The van der Waals surface area contributed by atoms with Gasteiger partial charge < -0.3 is 15.0 Å². The van der Waals surface area contributed by atoms with Gasteiger partial charge in [-0.05, 0) is 41.5 Å². The van der Waals surface area contributed by atoms with Gasteiger partial charge in [0.25, 0.3) is 0 Å². The van der Waals surface area contributed by atoms with Crippen molar-refractivity contribution in [1.29, 1.82) is 0 Å². The van der Waals surface area contributed by atoms with Gasteiger partial charge in [0, 0.05) is 43.9 Å². The van der Waals surface area contributed by atoms with Crippen LogP contribution in [0.4, 0.5) is 19.3 Å². The van der Waals surface area contributed by atoms with Crippen molar-refractivity contribution in [2.45, 2.75) is 12.3 Å². The number of halogens is 2. The molecule has 3 aliphatic rings. The highest BCUT2D eigenvalue weighted by Gasteiger charge is 2.42. The third-order valence-corrected chi connectivity index (χ3v) is 6.23. The Morgan fingerprint density at radius 1 is 1.31 bits per heavy atom. The Labute approximate surface area is 199 Å². The van der Waals surface area contributed by atoms with Crippen LogP contribution in [0.3, 0.4) is 0 Å². The highest BCUT2D eigenvalue weighted by molar-refractivity contribution is 6.03. The van der Waals surface area contributed by atoms with Crippen LogP contribution in [0.5, 0.6) is 5.75 Å². The van der Waals surface area contributed by atoms with Crippen molar-refractivity contribution in [2.24, 2.45) is 16.0 Å². The van der Waals surface area contributed by atoms with Crippen LogP contribution in [-0.4, -0.2) is 60.6 Å². The minimum atomic E-state index is -0.864. The lowest BCUT2D eigenvalue weighted by atomic mass is 9.87. The Morgan fingerprint density at radius 3 is 2.86 bits per heavy atom. The first-order valence-electron chi connectivity index (χ1n) is 11.0. The predicted molar refractivity (Wildman–Crippen MR) is 124 cm³/mol. The molecule has 0 aromatic heterocycles. The molecule has 5 rings (SSSR count). The van der Waals surface area contributed by atoms with Gasteiger partial charge >= 0.3 is 6.03 Å². The maximum Gasteiger partial charge on any atom is 0.345 e. The molecule has 0 saturated carbocycles. The molecule has 0 radical (unpaired) electrons. The third kappa shape index (κ3) is 4.64. The van der Waals surface area contributed by atoms with Crippen LogP contribution in [0.25, 0.3) is 0 Å². The fourth-order valence-corrected chi connectivity index (χ4v) is 4.38. The van der Waals surface area contributed by atoms with E-state index in [2.05, 4.69) is 26.5 Å². The second kappa shape index (κ2) is 9.29. The third-order valence-electron chi connectivity index (χ3n) is 6.23. The second-order valence-corrected chi connectivity index (χ2v) is 8.46. The van der Waals surface area contributed by atoms with Crippen molar-refractivity contribution >= 4 is 29.7 Å². The highest BCUT2D eigenvalue weighted by atomic mass is 19.1. The molecule has 0 aliphatic carbocycles. The summed E-state index contributed by atoms with van der Waals surface area (Å²) in [7, 11) is 1.75. The van der Waals surface area contributed by atoms with E-state index in [9.17, 15) is 14.0 Å². The SMILES string of the molecule is CN1NNN=C1CN1C[C@@H](c2cc3c(cc2F)OCC3)C(C=NC(=O)Nc2ccc(F)cc2)C1=O. The number of hydrazone groups is 1. The number of aliphatic imine (C=N–C) groups is 1. The minimum absolute atomic E-state index is 0.188. The van der Waals surface area contributed by atoms with Gasteiger partial charge in [0.15, 0.2) is 5.84 Å². The molecule has 0 bridgehead atoms. The summed E-state index contributed by atoms with van der Waals surface area (Å²) >= 11 is 0. The van der Waals surface area contributed by atoms with E-state index in [0.29, 0.717) is 35.9 Å². The Kier molecular flexibility index (Phi) is 6.03. The Hall–Kier alpha value is -4.06. The first-order chi connectivity index (χ1) is 16.9. The maximum absolute atomic E-state index is 15.1. The van der Waals surface area contributed by atoms with E-state index in [0.717, 1.165) is 5.56 Å². The molecule has 3 aliphatic heterocycles. The molecule has 0 spiro atoms. The van der Waals surface area contributed by atoms with Gasteiger partial charge in [-0.15, -0.1) is 10.6 Å². The maximum atomic E-state index is 15.1. The summed E-state index contributed by atoms with van der Waals surface area (Å²) in [4.78, 5) is 31.2. The van der Waals surface area contributed by atoms with Crippen molar-refractivity contribution in [1.82, 2.24) is 21.0 Å². The zero-order valence-electron chi connectivity index (χ0n) is 18.8. The number of hydrogen-bond acceptors (Lipinski definition) is 7. The first-order valence-corrected chi connectivity index (χ1v) is 11.0. The number of nitrogens with zero attached hydrogens (tertiary/aromatic N) is 4. The Balaban J connectivity index is 1.40. The van der Waals surface area contributed by atoms with E-state index in [-0.39, 0.29) is 19.0 Å². The second-order valence-electron chi connectivity index (χ2n) is 8.46. The van der Waals surface area contributed by atoms with Gasteiger partial charge in [0.2, 0.25) is 5.91 Å². The predicted octanol–water partition coefficient (Wildman–Crippen LogP) is 2.01. The smallest absolute Gasteiger partial charge is 0.345 e. The number of likely N-dealkylation sites (N-methyl/N-ethyl adjacent to an activating group) is 1. The number of likely N-dealkylation sites (tertiary alicyclic amines) is 1. The summed E-state index contributed by atoms with van der Waals surface area (Å²) < 4.78 is 33.7. The number of amides is 3. The van der Waals surface area contributed by atoms with Gasteiger partial charge in [-0.1, -0.05) is 0 Å². The van der Waals surface area contributed by atoms with Crippen molar-refractivity contribution in [3.05, 3.63) is 59.2 Å². The van der Waals surface area contributed by atoms with Crippen LogP contribution in [0.1, 0.15) is 17.0 Å². The van der Waals surface area contributed by atoms with Crippen LogP contribution in [0, 0.1) is 17.6 Å². The number of rotatable bonds is 5. The minimum Gasteiger partial charge on any atom is -0.493 e. The Morgan fingerprint density at radius 2 is 2.11 bits per heavy atom. The van der Waals surface area contributed by atoms with Crippen molar-refractivity contribution in [2.75, 3.05) is 32.1 Å². The summed E-state index contributed by atoms with van der Waals surface area (Å²) in [5.41, 5.74) is 7.01. The molecule has 2 aromatic carbocycles. The van der Waals surface area contributed by atoms with Crippen LogP contribution in [-0.2, 0) is 11.2 Å². The van der Waals surface area contributed by atoms with Gasteiger partial charge in [-0.2, -0.15) is 0 Å². The lowest BCUT2D eigenvalue weighted by molar-refractivity contribution is -0.128. The molecule has 1 fully saturated rings. The highest BCUT2D eigenvalue weighted by Crippen LogP contribution is 2.38. The molecule has 12 heteroatoms. The van der Waals surface area contributed by atoms with E-state index < -0.39 is 29.5 Å². The number of urea groups is 1. The largest absolute Gasteiger partial charge is 0.493 e. The van der Waals surface area contributed by atoms with Crippen molar-refractivity contribution < 1.29 is 23.1 Å². The number of carbonyl (C=O) groups is 2. The number of ether oxygens (including phenoxy) is 1. The zero-order valence-corrected chi connectivity index (χ0v) is 18.8. The number of fused-ring (bicyclic) bond motifs is 1. The zero-order chi connectivity index (χ0) is 24.5. The molecule has 3 N–H and O–H groups in total. The van der Waals surface area contributed by atoms with Gasteiger partial charge in [0.05, 0.1) is 19.1 Å². The molecule has 2 atom stereocenters. The van der Waals surface area contributed by atoms with Crippen molar-refractivity contribution in [3.63, 3.8) is 0 Å². The van der Waals surface area contributed by atoms with Gasteiger partial charge in [-0.3, -0.25) is 9.80 Å². The molecule has 1 saturated heterocycles. The molecule has 10 nitrogen and oxygen atoms in total. The molecule has 3 heterocycles. The van der Waals surface area contributed by atoms with Crippen LogP contribution in [0.2, 0.25) is 0 Å². The number of carbonyl (C=O) groups excluding carboxylic acids is 2. The summed E-state index contributed by atoms with van der Waals surface area (Å²) in [6, 6.07) is 7.58. The number of anilines is 1. The molecule has 182 valence electrons. The summed E-state index contributed by atoms with van der Waals surface area (Å²) in [5.74, 6) is -1.55. The van der Waals surface area contributed by atoms with Crippen LogP contribution >= 0.6 is 0 Å². The topological polar surface area (TPSA) is 111 Å². The fourth-order valence-electron chi connectivity index (χ4n) is 4.38. The molecule has 2 aromatic rings. The number of hydrazine groups is 2.